The first-order chi connectivity index (χ1) is 13.1. The third-order valence-corrected chi connectivity index (χ3v) is 4.37. The minimum atomic E-state index is 0. The van der Waals surface area contributed by atoms with Gasteiger partial charge in [-0.2, -0.15) is 5.10 Å². The summed E-state index contributed by atoms with van der Waals surface area (Å²) < 4.78 is 1.84. The number of hydrogen-bond acceptors (Lipinski definition) is 3. The number of nitrogens with one attached hydrogen (secondary N) is 2. The number of aromatic nitrogens is 2. The molecule has 0 aliphatic heterocycles. The van der Waals surface area contributed by atoms with Crippen molar-refractivity contribution in [3.8, 4) is 0 Å². The number of benzene rings is 1. The van der Waals surface area contributed by atoms with Crippen LogP contribution in [-0.2, 0) is 20.1 Å². The highest BCUT2D eigenvalue weighted by atomic mass is 127. The summed E-state index contributed by atoms with van der Waals surface area (Å²) in [6, 6.07) is 9.65. The minimum absolute atomic E-state index is 0. The van der Waals surface area contributed by atoms with Crippen molar-refractivity contribution in [1.82, 2.24) is 25.3 Å². The summed E-state index contributed by atoms with van der Waals surface area (Å²) in [5, 5.41) is 10.7. The predicted molar refractivity (Wildman–Crippen MR) is 124 cm³/mol. The summed E-state index contributed by atoms with van der Waals surface area (Å²) in [5.74, 6) is 0.822. The van der Waals surface area contributed by atoms with E-state index in [9.17, 15) is 4.79 Å². The minimum Gasteiger partial charge on any atom is -0.357 e. The molecule has 2 rings (SSSR count). The Labute approximate surface area is 184 Å². The molecule has 0 aliphatic rings. The molecule has 0 bridgehead atoms. The van der Waals surface area contributed by atoms with Crippen molar-refractivity contribution in [3.05, 3.63) is 53.3 Å². The van der Waals surface area contributed by atoms with Crippen LogP contribution >= 0.6 is 24.0 Å². The summed E-state index contributed by atoms with van der Waals surface area (Å²) >= 11 is 0. The van der Waals surface area contributed by atoms with Gasteiger partial charge in [0.25, 0.3) is 5.91 Å². The molecule has 2 N–H and O–H groups in total. The van der Waals surface area contributed by atoms with Gasteiger partial charge in [-0.05, 0) is 44.5 Å². The molecule has 0 unspecified atom stereocenters. The number of carbonyl (C=O) groups is 1. The van der Waals surface area contributed by atoms with Gasteiger partial charge in [-0.15, -0.1) is 24.0 Å². The first-order valence-corrected chi connectivity index (χ1v) is 9.46. The summed E-state index contributed by atoms with van der Waals surface area (Å²) in [6.45, 7) is 9.44. The van der Waals surface area contributed by atoms with Gasteiger partial charge in [0.15, 0.2) is 5.96 Å². The molecule has 0 saturated carbocycles. The van der Waals surface area contributed by atoms with Crippen LogP contribution in [0.4, 0.5) is 0 Å². The van der Waals surface area contributed by atoms with E-state index >= 15 is 0 Å². The van der Waals surface area contributed by atoms with Gasteiger partial charge in [0, 0.05) is 38.4 Å². The van der Waals surface area contributed by atoms with E-state index in [1.54, 1.807) is 6.20 Å². The zero-order chi connectivity index (χ0) is 19.6. The standard InChI is InChI=1S/C20H30N6O.HI/c1-5-21-20(23-15-18-12-13-24-25(18)4)22-14-16-8-10-17(11-9-16)19(27)26(6-2)7-3;/h8-13H,5-7,14-15H2,1-4H3,(H2,21,22,23);1H. The van der Waals surface area contributed by atoms with Crippen LogP contribution < -0.4 is 10.6 Å². The fraction of sp³-hybridized carbons (Fsp3) is 0.450. The van der Waals surface area contributed by atoms with Crippen molar-refractivity contribution in [2.24, 2.45) is 12.0 Å². The molecule has 0 saturated heterocycles. The summed E-state index contributed by atoms with van der Waals surface area (Å²) in [6.07, 6.45) is 1.78. The van der Waals surface area contributed by atoms with E-state index in [4.69, 9.17) is 0 Å². The average Bonchev–Trinajstić information content (AvgIpc) is 3.10. The Morgan fingerprint density at radius 2 is 1.79 bits per heavy atom. The van der Waals surface area contributed by atoms with Crippen LogP contribution in [0.3, 0.4) is 0 Å². The van der Waals surface area contributed by atoms with Crippen LogP contribution in [0.5, 0.6) is 0 Å². The van der Waals surface area contributed by atoms with Gasteiger partial charge in [-0.25, -0.2) is 4.99 Å². The van der Waals surface area contributed by atoms with Crippen LogP contribution in [-0.4, -0.2) is 46.2 Å². The Kier molecular flexibility index (Phi) is 10.6. The molecule has 1 heterocycles. The topological polar surface area (TPSA) is 74.6 Å². The van der Waals surface area contributed by atoms with Gasteiger partial charge in [0.05, 0.1) is 18.8 Å². The Balaban J connectivity index is 0.00000392. The fourth-order valence-corrected chi connectivity index (χ4v) is 2.71. The van der Waals surface area contributed by atoms with Crippen molar-refractivity contribution >= 4 is 35.8 Å². The van der Waals surface area contributed by atoms with Crippen LogP contribution in [0.15, 0.2) is 41.5 Å². The van der Waals surface area contributed by atoms with Crippen molar-refractivity contribution in [3.63, 3.8) is 0 Å². The molecule has 0 aliphatic carbocycles. The average molecular weight is 498 g/mol. The Bertz CT molecular complexity index is 752. The molecule has 0 spiro atoms. The molecule has 1 amide bonds. The maximum Gasteiger partial charge on any atom is 0.253 e. The van der Waals surface area contributed by atoms with E-state index in [1.807, 2.05) is 67.7 Å². The van der Waals surface area contributed by atoms with Crippen molar-refractivity contribution in [2.45, 2.75) is 33.9 Å². The van der Waals surface area contributed by atoms with E-state index in [-0.39, 0.29) is 29.9 Å². The van der Waals surface area contributed by atoms with Crippen molar-refractivity contribution < 1.29 is 4.79 Å². The Hall–Kier alpha value is -2.10. The quantitative estimate of drug-likeness (QED) is 0.334. The number of nitrogens with zero attached hydrogens (tertiary/aromatic N) is 4. The van der Waals surface area contributed by atoms with E-state index in [0.717, 1.165) is 36.9 Å². The van der Waals surface area contributed by atoms with Gasteiger partial charge >= 0.3 is 0 Å². The lowest BCUT2D eigenvalue weighted by Crippen LogP contribution is -2.37. The first-order valence-electron chi connectivity index (χ1n) is 9.46. The number of aliphatic imine (C=N–C) groups is 1. The number of amides is 1. The molecule has 2 aromatic rings. The molecule has 0 radical (unpaired) electrons. The molecule has 28 heavy (non-hydrogen) atoms. The van der Waals surface area contributed by atoms with Crippen molar-refractivity contribution in [2.75, 3.05) is 19.6 Å². The molecular formula is C20H31IN6O. The number of aryl methyl sites for hydroxylation is 1. The lowest BCUT2D eigenvalue weighted by atomic mass is 10.1. The number of guanidine groups is 1. The zero-order valence-corrected chi connectivity index (χ0v) is 19.4. The number of hydrogen-bond donors (Lipinski definition) is 2. The molecule has 0 atom stereocenters. The maximum atomic E-state index is 12.4. The van der Waals surface area contributed by atoms with E-state index < -0.39 is 0 Å². The van der Waals surface area contributed by atoms with Crippen molar-refractivity contribution in [1.29, 1.82) is 0 Å². The smallest absolute Gasteiger partial charge is 0.253 e. The van der Waals surface area contributed by atoms with E-state index in [1.165, 1.54) is 0 Å². The second-order valence-electron chi connectivity index (χ2n) is 6.17. The van der Waals surface area contributed by atoms with Crippen LogP contribution in [0.25, 0.3) is 0 Å². The van der Waals surface area contributed by atoms with Crippen LogP contribution in [0.2, 0.25) is 0 Å². The van der Waals surface area contributed by atoms with Crippen LogP contribution in [0, 0.1) is 0 Å². The number of halogens is 1. The van der Waals surface area contributed by atoms with E-state index in [0.29, 0.717) is 18.7 Å². The van der Waals surface area contributed by atoms with Gasteiger partial charge in [0.2, 0.25) is 0 Å². The summed E-state index contributed by atoms with van der Waals surface area (Å²) in [4.78, 5) is 18.8. The number of rotatable bonds is 8. The molecule has 0 fully saturated rings. The Morgan fingerprint density at radius 3 is 2.32 bits per heavy atom. The van der Waals surface area contributed by atoms with E-state index in [2.05, 4.69) is 20.7 Å². The van der Waals surface area contributed by atoms with Gasteiger partial charge in [-0.3, -0.25) is 9.48 Å². The first kappa shape index (κ1) is 23.9. The van der Waals surface area contributed by atoms with Gasteiger partial charge < -0.3 is 15.5 Å². The summed E-state index contributed by atoms with van der Waals surface area (Å²) in [5.41, 5.74) is 2.86. The number of carbonyl (C=O) groups excluding carboxylic acids is 1. The summed E-state index contributed by atoms with van der Waals surface area (Å²) in [7, 11) is 1.92. The lowest BCUT2D eigenvalue weighted by molar-refractivity contribution is 0.0773. The normalized spacial score (nSPS) is 10.9. The van der Waals surface area contributed by atoms with Crippen LogP contribution in [0.1, 0.15) is 42.4 Å². The highest BCUT2D eigenvalue weighted by Gasteiger charge is 2.11. The second kappa shape index (κ2) is 12.4. The second-order valence-corrected chi connectivity index (χ2v) is 6.17. The zero-order valence-electron chi connectivity index (χ0n) is 17.1. The fourth-order valence-electron chi connectivity index (χ4n) is 2.71. The molecule has 7 nitrogen and oxygen atoms in total. The molecule has 154 valence electrons. The third-order valence-electron chi connectivity index (χ3n) is 4.37. The third kappa shape index (κ3) is 6.81. The van der Waals surface area contributed by atoms with Gasteiger partial charge in [-0.1, -0.05) is 12.1 Å². The molecule has 1 aromatic carbocycles. The highest BCUT2D eigenvalue weighted by Crippen LogP contribution is 2.09. The maximum absolute atomic E-state index is 12.4. The highest BCUT2D eigenvalue weighted by molar-refractivity contribution is 14.0. The van der Waals surface area contributed by atoms with Gasteiger partial charge in [0.1, 0.15) is 0 Å². The molecular weight excluding hydrogens is 467 g/mol. The molecule has 8 heteroatoms. The molecule has 1 aromatic heterocycles. The largest absolute Gasteiger partial charge is 0.357 e. The Morgan fingerprint density at radius 1 is 1.11 bits per heavy atom. The monoisotopic (exact) mass is 498 g/mol. The predicted octanol–water partition coefficient (Wildman–Crippen LogP) is 2.78. The SMILES string of the molecule is CCNC(=NCc1ccc(C(=O)N(CC)CC)cc1)NCc1ccnn1C.I. The lowest BCUT2D eigenvalue weighted by Gasteiger charge is -2.18.